The van der Waals surface area contributed by atoms with Crippen molar-refractivity contribution >= 4 is 23.2 Å². The van der Waals surface area contributed by atoms with E-state index in [-0.39, 0.29) is 6.03 Å². The standard InChI is InChI=1S/C15H18N4O2/c1-18(2)14-11-13(9-10-19(14)21-3)17-15(20)16-12-7-5-4-6-8-12/h4-11H,1-3H3,(H,16,20)/p+1. The molecule has 110 valence electrons. The van der Waals surface area contributed by atoms with Gasteiger partial charge in [-0.3, -0.25) is 4.90 Å². The number of urea groups is 1. The SMILES string of the molecule is CO[n+]1ccc(NC(=O)Nc2ccccc2)cc1N(C)C. The zero-order valence-electron chi connectivity index (χ0n) is 12.3. The summed E-state index contributed by atoms with van der Waals surface area (Å²) in [6, 6.07) is 12.6. The molecule has 1 heterocycles. The molecule has 0 atom stereocenters. The molecule has 0 unspecified atom stereocenters. The van der Waals surface area contributed by atoms with Gasteiger partial charge in [-0.15, -0.1) is 0 Å². The molecular formula is C15H19N4O2+. The molecule has 2 rings (SSSR count). The van der Waals surface area contributed by atoms with E-state index in [1.165, 1.54) is 0 Å². The number of aromatic nitrogens is 1. The highest BCUT2D eigenvalue weighted by atomic mass is 16.6. The fraction of sp³-hybridized carbons (Fsp3) is 0.200. The van der Waals surface area contributed by atoms with Gasteiger partial charge in [0.25, 0.3) is 0 Å². The van der Waals surface area contributed by atoms with Crippen molar-refractivity contribution in [3.8, 4) is 0 Å². The summed E-state index contributed by atoms with van der Waals surface area (Å²) < 4.78 is 1.61. The van der Waals surface area contributed by atoms with Gasteiger partial charge in [-0.1, -0.05) is 18.2 Å². The second-order valence-electron chi connectivity index (χ2n) is 4.62. The molecule has 2 amide bonds. The van der Waals surface area contributed by atoms with Crippen LogP contribution in [0.2, 0.25) is 0 Å². The highest BCUT2D eigenvalue weighted by Gasteiger charge is 2.14. The van der Waals surface area contributed by atoms with Crippen molar-refractivity contribution in [2.24, 2.45) is 0 Å². The third-order valence-corrected chi connectivity index (χ3v) is 2.84. The molecule has 21 heavy (non-hydrogen) atoms. The highest BCUT2D eigenvalue weighted by molar-refractivity contribution is 5.99. The maximum atomic E-state index is 11.9. The Labute approximate surface area is 123 Å². The number of anilines is 3. The minimum absolute atomic E-state index is 0.291. The number of rotatable bonds is 4. The third kappa shape index (κ3) is 3.85. The van der Waals surface area contributed by atoms with E-state index in [9.17, 15) is 4.79 Å². The summed E-state index contributed by atoms with van der Waals surface area (Å²) in [5.41, 5.74) is 1.42. The molecule has 0 aliphatic rings. The largest absolute Gasteiger partial charge is 0.339 e. The van der Waals surface area contributed by atoms with Crippen LogP contribution in [-0.2, 0) is 0 Å². The van der Waals surface area contributed by atoms with Crippen LogP contribution in [0.25, 0.3) is 0 Å². The molecule has 6 heteroatoms. The first kappa shape index (κ1) is 14.6. The van der Waals surface area contributed by atoms with Crippen molar-refractivity contribution in [1.82, 2.24) is 0 Å². The van der Waals surface area contributed by atoms with Gasteiger partial charge in [0.15, 0.2) is 0 Å². The van der Waals surface area contributed by atoms with Gasteiger partial charge in [-0.2, -0.15) is 0 Å². The predicted molar refractivity (Wildman–Crippen MR) is 82.6 cm³/mol. The average Bonchev–Trinajstić information content (AvgIpc) is 2.48. The van der Waals surface area contributed by atoms with E-state index in [2.05, 4.69) is 10.6 Å². The Kier molecular flexibility index (Phi) is 4.61. The number of nitrogens with zero attached hydrogens (tertiary/aromatic N) is 2. The molecule has 0 radical (unpaired) electrons. The summed E-state index contributed by atoms with van der Waals surface area (Å²) in [7, 11) is 5.39. The fourth-order valence-electron chi connectivity index (χ4n) is 1.85. The van der Waals surface area contributed by atoms with Crippen LogP contribution < -0.4 is 25.1 Å². The van der Waals surface area contributed by atoms with E-state index < -0.39 is 0 Å². The van der Waals surface area contributed by atoms with Gasteiger partial charge in [0.05, 0.1) is 25.8 Å². The monoisotopic (exact) mass is 287 g/mol. The van der Waals surface area contributed by atoms with Crippen LogP contribution in [0.3, 0.4) is 0 Å². The number of carbonyl (C=O) groups excluding carboxylic acids is 1. The van der Waals surface area contributed by atoms with Crippen molar-refractivity contribution < 1.29 is 14.4 Å². The molecule has 2 aromatic rings. The quantitative estimate of drug-likeness (QED) is 0.842. The first-order valence-corrected chi connectivity index (χ1v) is 6.50. The van der Waals surface area contributed by atoms with Crippen LogP contribution in [0.4, 0.5) is 22.0 Å². The third-order valence-electron chi connectivity index (χ3n) is 2.84. The summed E-state index contributed by atoms with van der Waals surface area (Å²) in [4.78, 5) is 19.0. The van der Waals surface area contributed by atoms with E-state index in [1.54, 1.807) is 24.1 Å². The minimum atomic E-state index is -0.291. The van der Waals surface area contributed by atoms with Gasteiger partial charge in [-0.05, 0) is 16.9 Å². The van der Waals surface area contributed by atoms with E-state index >= 15 is 0 Å². The molecule has 0 aliphatic heterocycles. The van der Waals surface area contributed by atoms with Gasteiger partial charge >= 0.3 is 11.8 Å². The number of benzene rings is 1. The van der Waals surface area contributed by atoms with Crippen LogP contribution >= 0.6 is 0 Å². The lowest BCUT2D eigenvalue weighted by Crippen LogP contribution is -2.44. The number of carbonyl (C=O) groups is 1. The number of nitrogens with one attached hydrogen (secondary N) is 2. The molecule has 0 spiro atoms. The fourth-order valence-corrected chi connectivity index (χ4v) is 1.85. The van der Waals surface area contributed by atoms with E-state index in [0.29, 0.717) is 5.69 Å². The lowest BCUT2D eigenvalue weighted by Gasteiger charge is -2.11. The second-order valence-corrected chi connectivity index (χ2v) is 4.62. The first-order chi connectivity index (χ1) is 10.1. The molecule has 0 fully saturated rings. The summed E-state index contributed by atoms with van der Waals surface area (Å²) in [5, 5.41) is 5.56. The Balaban J connectivity index is 2.09. The number of hydrogen-bond donors (Lipinski definition) is 2. The number of pyridine rings is 1. The molecular weight excluding hydrogens is 268 g/mol. The Morgan fingerprint density at radius 3 is 2.38 bits per heavy atom. The molecule has 2 N–H and O–H groups in total. The maximum Gasteiger partial charge on any atom is 0.323 e. The van der Waals surface area contributed by atoms with Crippen LogP contribution in [-0.4, -0.2) is 27.2 Å². The van der Waals surface area contributed by atoms with Crippen molar-refractivity contribution in [2.45, 2.75) is 0 Å². The van der Waals surface area contributed by atoms with Gasteiger partial charge in [-0.25, -0.2) is 4.79 Å². The molecule has 0 saturated carbocycles. The van der Waals surface area contributed by atoms with Crippen LogP contribution in [0.15, 0.2) is 48.7 Å². The smallest absolute Gasteiger partial charge is 0.323 e. The van der Waals surface area contributed by atoms with Crippen molar-refractivity contribution in [3.05, 3.63) is 48.7 Å². The summed E-state index contributed by atoms with van der Waals surface area (Å²) >= 11 is 0. The zero-order valence-corrected chi connectivity index (χ0v) is 12.3. The molecule has 1 aromatic carbocycles. The normalized spacial score (nSPS) is 9.86. The number of hydrogen-bond acceptors (Lipinski definition) is 3. The molecule has 1 aromatic heterocycles. The van der Waals surface area contributed by atoms with Crippen molar-refractivity contribution in [2.75, 3.05) is 36.7 Å². The molecule has 0 bridgehead atoms. The van der Waals surface area contributed by atoms with E-state index in [4.69, 9.17) is 4.84 Å². The lowest BCUT2D eigenvalue weighted by atomic mass is 10.3. The highest BCUT2D eigenvalue weighted by Crippen LogP contribution is 2.13. The second kappa shape index (κ2) is 6.60. The topological polar surface area (TPSA) is 57.5 Å². The zero-order chi connectivity index (χ0) is 15.2. The summed E-state index contributed by atoms with van der Waals surface area (Å²) in [5.74, 6) is 0.815. The van der Waals surface area contributed by atoms with Crippen molar-refractivity contribution in [1.29, 1.82) is 0 Å². The van der Waals surface area contributed by atoms with Gasteiger partial charge < -0.3 is 15.5 Å². The molecule has 6 nitrogen and oxygen atoms in total. The van der Waals surface area contributed by atoms with E-state index in [0.717, 1.165) is 11.5 Å². The summed E-state index contributed by atoms with van der Waals surface area (Å²) in [6.45, 7) is 0. The van der Waals surface area contributed by atoms with Crippen molar-refractivity contribution in [3.63, 3.8) is 0 Å². The Hall–Kier alpha value is -2.76. The molecule has 0 saturated heterocycles. The van der Waals surface area contributed by atoms with E-state index in [1.807, 2.05) is 55.4 Å². The van der Waals surface area contributed by atoms with Crippen LogP contribution in [0.5, 0.6) is 0 Å². The lowest BCUT2D eigenvalue weighted by molar-refractivity contribution is -0.875. The predicted octanol–water partition coefficient (Wildman–Crippen LogP) is 1.74. The van der Waals surface area contributed by atoms with Crippen LogP contribution in [0.1, 0.15) is 0 Å². The van der Waals surface area contributed by atoms with Gasteiger partial charge in [0.2, 0.25) is 0 Å². The Bertz CT molecular complexity index is 614. The Morgan fingerprint density at radius 1 is 1.10 bits per heavy atom. The average molecular weight is 287 g/mol. The van der Waals surface area contributed by atoms with Gasteiger partial charge in [0, 0.05) is 11.8 Å². The van der Waals surface area contributed by atoms with Gasteiger partial charge in [0.1, 0.15) is 13.3 Å². The summed E-state index contributed by atoms with van der Waals surface area (Å²) in [6.07, 6.45) is 1.74. The number of para-hydroxylation sites is 1. The first-order valence-electron chi connectivity index (χ1n) is 6.50. The van der Waals surface area contributed by atoms with Crippen LogP contribution in [0, 0.1) is 0 Å². The molecule has 0 aliphatic carbocycles. The minimum Gasteiger partial charge on any atom is -0.339 e. The Morgan fingerprint density at radius 2 is 1.76 bits per heavy atom. The maximum absolute atomic E-state index is 11.9. The number of amides is 2.